The van der Waals surface area contributed by atoms with Crippen LogP contribution in [0.4, 0.5) is 0 Å². The van der Waals surface area contributed by atoms with Gasteiger partial charge in [0.2, 0.25) is 5.91 Å². The Labute approximate surface area is 191 Å². The lowest BCUT2D eigenvalue weighted by atomic mass is 10.0. The second kappa shape index (κ2) is 11.4. The second-order valence-corrected chi connectivity index (χ2v) is 8.61. The average molecular weight is 496 g/mol. The van der Waals surface area contributed by atoms with Crippen LogP contribution >= 0.6 is 27.5 Å². The molecule has 0 aliphatic carbocycles. The number of rotatable bonds is 9. The molecule has 0 fully saturated rings. The maximum absolute atomic E-state index is 13.1. The Balaban J connectivity index is 2.19. The predicted molar refractivity (Wildman–Crippen MR) is 124 cm³/mol. The summed E-state index contributed by atoms with van der Waals surface area (Å²) >= 11 is 9.48. The molecule has 2 aromatic rings. The van der Waals surface area contributed by atoms with Gasteiger partial charge in [-0.3, -0.25) is 9.59 Å². The van der Waals surface area contributed by atoms with Crippen molar-refractivity contribution in [2.75, 3.05) is 13.7 Å². The van der Waals surface area contributed by atoms with Crippen LogP contribution in [-0.2, 0) is 16.1 Å². The van der Waals surface area contributed by atoms with Crippen molar-refractivity contribution in [2.45, 2.75) is 45.7 Å². The summed E-state index contributed by atoms with van der Waals surface area (Å²) in [6, 6.07) is 12.5. The van der Waals surface area contributed by atoms with Gasteiger partial charge >= 0.3 is 0 Å². The maximum Gasteiger partial charge on any atom is 0.261 e. The van der Waals surface area contributed by atoms with Crippen molar-refractivity contribution in [1.29, 1.82) is 0 Å². The normalized spacial score (nSPS) is 11.8. The fourth-order valence-electron chi connectivity index (χ4n) is 3.09. The highest BCUT2D eigenvalue weighted by molar-refractivity contribution is 9.10. The summed E-state index contributed by atoms with van der Waals surface area (Å²) in [7, 11) is 1.57. The molecule has 162 valence electrons. The minimum atomic E-state index is -0.589. The summed E-state index contributed by atoms with van der Waals surface area (Å²) in [5.74, 6) is 0.513. The molecule has 30 heavy (non-hydrogen) atoms. The average Bonchev–Trinajstić information content (AvgIpc) is 2.73. The van der Waals surface area contributed by atoms with E-state index in [1.807, 2.05) is 37.3 Å². The molecule has 1 atom stereocenters. The van der Waals surface area contributed by atoms with E-state index in [-0.39, 0.29) is 18.4 Å². The molecule has 2 aromatic carbocycles. The lowest BCUT2D eigenvalue weighted by Crippen LogP contribution is -2.49. The Morgan fingerprint density at radius 2 is 1.83 bits per heavy atom. The van der Waals surface area contributed by atoms with Crippen LogP contribution in [0.3, 0.4) is 0 Å². The van der Waals surface area contributed by atoms with E-state index >= 15 is 0 Å². The first-order valence-electron chi connectivity index (χ1n) is 9.94. The zero-order valence-corrected chi connectivity index (χ0v) is 20.1. The number of amides is 2. The quantitative estimate of drug-likeness (QED) is 0.523. The van der Waals surface area contributed by atoms with Crippen LogP contribution in [0.1, 0.15) is 44.2 Å². The monoisotopic (exact) mass is 494 g/mol. The summed E-state index contributed by atoms with van der Waals surface area (Å²) in [4.78, 5) is 27.0. The van der Waals surface area contributed by atoms with Gasteiger partial charge in [-0.1, -0.05) is 50.6 Å². The molecule has 5 nitrogen and oxygen atoms in total. The van der Waals surface area contributed by atoms with Gasteiger partial charge < -0.3 is 15.0 Å². The lowest BCUT2D eigenvalue weighted by Gasteiger charge is -2.30. The summed E-state index contributed by atoms with van der Waals surface area (Å²) in [6.45, 7) is 6.23. The van der Waals surface area contributed by atoms with E-state index in [0.717, 1.165) is 10.0 Å². The van der Waals surface area contributed by atoms with Gasteiger partial charge in [0.1, 0.15) is 11.8 Å². The van der Waals surface area contributed by atoms with Gasteiger partial charge in [0, 0.05) is 18.6 Å². The van der Waals surface area contributed by atoms with Crippen LogP contribution in [0.25, 0.3) is 0 Å². The molecule has 0 aliphatic rings. The molecule has 0 aromatic heterocycles. The molecule has 7 heteroatoms. The van der Waals surface area contributed by atoms with Crippen molar-refractivity contribution < 1.29 is 14.3 Å². The van der Waals surface area contributed by atoms with E-state index in [1.165, 1.54) is 5.56 Å². The van der Waals surface area contributed by atoms with E-state index in [1.54, 1.807) is 24.1 Å². The third kappa shape index (κ3) is 6.47. The van der Waals surface area contributed by atoms with E-state index < -0.39 is 6.04 Å². The number of likely N-dealkylation sites (N-methyl/N-ethyl adjacent to an activating group) is 1. The third-order valence-electron chi connectivity index (χ3n) is 4.87. The number of halogens is 2. The van der Waals surface area contributed by atoms with E-state index in [0.29, 0.717) is 29.7 Å². The molecule has 1 N–H and O–H groups in total. The molecule has 0 saturated carbocycles. The number of hydrogen-bond acceptors (Lipinski definition) is 3. The summed E-state index contributed by atoms with van der Waals surface area (Å²) < 4.78 is 6.58. The summed E-state index contributed by atoms with van der Waals surface area (Å²) in [5, 5.41) is 3.26. The van der Waals surface area contributed by atoms with Crippen molar-refractivity contribution in [3.05, 3.63) is 63.1 Å². The van der Waals surface area contributed by atoms with Crippen molar-refractivity contribution in [2.24, 2.45) is 0 Å². The molecule has 0 radical (unpaired) electrons. The Morgan fingerprint density at radius 1 is 1.17 bits per heavy atom. The highest BCUT2D eigenvalue weighted by Gasteiger charge is 2.28. The SMILES string of the molecule is CC[C@@H](C(=O)NC)N(Cc1ccc(Cl)cc1)C(=O)COc1ccc(C(C)C)cc1Br. The fraction of sp³-hybridized carbons (Fsp3) is 0.391. The standard InChI is InChI=1S/C23H28BrClN2O3/c1-5-20(23(29)26-4)27(13-16-6-9-18(25)10-7-16)22(28)14-30-21-11-8-17(15(2)3)12-19(21)24/h6-12,15,20H,5,13-14H2,1-4H3,(H,26,29)/t20-/m0/s1. The van der Waals surface area contributed by atoms with Gasteiger partial charge in [0.25, 0.3) is 5.91 Å². The topological polar surface area (TPSA) is 58.6 Å². The number of carbonyl (C=O) groups is 2. The highest BCUT2D eigenvalue weighted by Crippen LogP contribution is 2.29. The van der Waals surface area contributed by atoms with E-state index in [2.05, 4.69) is 35.1 Å². The summed E-state index contributed by atoms with van der Waals surface area (Å²) in [5.41, 5.74) is 2.06. The van der Waals surface area contributed by atoms with Gasteiger partial charge in [-0.2, -0.15) is 0 Å². The van der Waals surface area contributed by atoms with E-state index in [4.69, 9.17) is 16.3 Å². The van der Waals surface area contributed by atoms with Crippen LogP contribution in [0, 0.1) is 0 Å². The third-order valence-corrected chi connectivity index (χ3v) is 5.74. The molecule has 2 rings (SSSR count). The van der Waals surface area contributed by atoms with Crippen molar-refractivity contribution >= 4 is 39.3 Å². The zero-order valence-electron chi connectivity index (χ0n) is 17.7. The Kier molecular flexibility index (Phi) is 9.18. The molecule has 2 amide bonds. The van der Waals surface area contributed by atoms with Crippen LogP contribution < -0.4 is 10.1 Å². The van der Waals surface area contributed by atoms with E-state index in [9.17, 15) is 9.59 Å². The van der Waals surface area contributed by atoms with Crippen LogP contribution in [0.2, 0.25) is 5.02 Å². The van der Waals surface area contributed by atoms with Crippen molar-refractivity contribution in [3.8, 4) is 5.75 Å². The van der Waals surface area contributed by atoms with Gasteiger partial charge in [0.15, 0.2) is 6.61 Å². The van der Waals surface area contributed by atoms with Gasteiger partial charge in [0.05, 0.1) is 4.47 Å². The molecule has 0 aliphatic heterocycles. The van der Waals surface area contributed by atoms with Gasteiger partial charge in [-0.15, -0.1) is 0 Å². The second-order valence-electron chi connectivity index (χ2n) is 7.32. The predicted octanol–water partition coefficient (Wildman–Crippen LogP) is 5.16. The zero-order chi connectivity index (χ0) is 22.3. The molecule has 0 heterocycles. The molecule has 0 bridgehead atoms. The number of ether oxygens (including phenoxy) is 1. The number of nitrogens with one attached hydrogen (secondary N) is 1. The Hall–Kier alpha value is -2.05. The lowest BCUT2D eigenvalue weighted by molar-refractivity contribution is -0.142. The van der Waals surface area contributed by atoms with Crippen LogP contribution in [0.5, 0.6) is 5.75 Å². The Morgan fingerprint density at radius 3 is 2.37 bits per heavy atom. The largest absolute Gasteiger partial charge is 0.483 e. The van der Waals surface area contributed by atoms with Crippen LogP contribution in [-0.4, -0.2) is 36.4 Å². The number of carbonyl (C=O) groups excluding carboxylic acids is 2. The number of nitrogens with zero attached hydrogens (tertiary/aromatic N) is 1. The maximum atomic E-state index is 13.1. The Bertz CT molecular complexity index is 871. The van der Waals surface area contributed by atoms with Crippen molar-refractivity contribution in [3.63, 3.8) is 0 Å². The smallest absolute Gasteiger partial charge is 0.261 e. The summed E-state index contributed by atoms with van der Waals surface area (Å²) in [6.07, 6.45) is 0.492. The number of hydrogen-bond donors (Lipinski definition) is 1. The molecule has 0 unspecified atom stereocenters. The fourth-order valence-corrected chi connectivity index (χ4v) is 3.73. The van der Waals surface area contributed by atoms with Gasteiger partial charge in [-0.05, 0) is 63.7 Å². The molecule has 0 spiro atoms. The first-order valence-corrected chi connectivity index (χ1v) is 11.1. The molecular weight excluding hydrogens is 468 g/mol. The number of benzene rings is 2. The molecular formula is C23H28BrClN2O3. The van der Waals surface area contributed by atoms with Crippen molar-refractivity contribution in [1.82, 2.24) is 10.2 Å². The first kappa shape index (κ1) is 24.2. The van der Waals surface area contributed by atoms with Crippen LogP contribution in [0.15, 0.2) is 46.9 Å². The highest BCUT2D eigenvalue weighted by atomic mass is 79.9. The minimum absolute atomic E-state index is 0.166. The molecule has 0 saturated heterocycles. The first-order chi connectivity index (χ1) is 14.3. The van der Waals surface area contributed by atoms with Gasteiger partial charge in [-0.25, -0.2) is 0 Å². The minimum Gasteiger partial charge on any atom is -0.483 e.